The molecule has 3 aromatic carbocycles. The molecule has 35 heavy (non-hydrogen) atoms. The number of hydrogen-bond donors (Lipinski definition) is 0. The largest absolute Gasteiger partial charge is 0.497 e. The molecular formula is C28H21NO6. The molecule has 3 aliphatic rings. The van der Waals surface area contributed by atoms with Crippen LogP contribution in [0.15, 0.2) is 72.8 Å². The maximum absolute atomic E-state index is 13.9. The number of aryl methyl sites for hydroxylation is 1. The average Bonchev–Trinajstić information content (AvgIpc) is 3.44. The van der Waals surface area contributed by atoms with Gasteiger partial charge in [0.2, 0.25) is 29.0 Å². The monoisotopic (exact) mass is 467 g/mol. The summed E-state index contributed by atoms with van der Waals surface area (Å²) in [5.74, 6) is -4.11. The summed E-state index contributed by atoms with van der Waals surface area (Å²) in [6, 6.07) is 20.4. The first-order valence-electron chi connectivity index (χ1n) is 11.3. The molecule has 2 fully saturated rings. The van der Waals surface area contributed by atoms with Crippen molar-refractivity contribution >= 4 is 29.1 Å². The van der Waals surface area contributed by atoms with E-state index >= 15 is 0 Å². The molecule has 3 unspecified atom stereocenters. The van der Waals surface area contributed by atoms with Crippen molar-refractivity contribution in [2.75, 3.05) is 12.0 Å². The molecule has 7 heteroatoms. The van der Waals surface area contributed by atoms with E-state index in [9.17, 15) is 19.2 Å². The Kier molecular flexibility index (Phi) is 4.56. The summed E-state index contributed by atoms with van der Waals surface area (Å²) >= 11 is 0. The van der Waals surface area contributed by atoms with Gasteiger partial charge in [0.1, 0.15) is 5.75 Å². The van der Waals surface area contributed by atoms with Crippen molar-refractivity contribution < 1.29 is 28.7 Å². The lowest BCUT2D eigenvalue weighted by molar-refractivity contribution is -0.127. The van der Waals surface area contributed by atoms with E-state index in [1.807, 2.05) is 19.1 Å². The van der Waals surface area contributed by atoms with Gasteiger partial charge in [-0.15, -0.1) is 0 Å². The van der Waals surface area contributed by atoms with E-state index in [2.05, 4.69) is 0 Å². The van der Waals surface area contributed by atoms with Crippen LogP contribution in [0.1, 0.15) is 37.9 Å². The summed E-state index contributed by atoms with van der Waals surface area (Å²) < 4.78 is 11.6. The van der Waals surface area contributed by atoms with Crippen LogP contribution < -0.4 is 9.64 Å². The number of carbonyl (C=O) groups excluding carboxylic acids is 4. The van der Waals surface area contributed by atoms with Crippen LogP contribution >= 0.6 is 0 Å². The molecule has 0 bridgehead atoms. The fourth-order valence-corrected chi connectivity index (χ4v) is 5.58. The van der Waals surface area contributed by atoms with Gasteiger partial charge in [0.05, 0.1) is 30.7 Å². The Balaban J connectivity index is 1.54. The molecule has 2 heterocycles. The topological polar surface area (TPSA) is 90.0 Å². The minimum Gasteiger partial charge on any atom is -0.497 e. The number of ketones is 2. The first-order valence-corrected chi connectivity index (χ1v) is 11.3. The smallest absolute Gasteiger partial charge is 0.241 e. The van der Waals surface area contributed by atoms with E-state index in [0.717, 1.165) is 10.5 Å². The number of methoxy groups -OCH3 is 1. The number of nitrogens with zero attached hydrogens (tertiary/aromatic N) is 1. The summed E-state index contributed by atoms with van der Waals surface area (Å²) in [7, 11) is 1.49. The van der Waals surface area contributed by atoms with Gasteiger partial charge < -0.3 is 9.47 Å². The minimum absolute atomic E-state index is 0.209. The van der Waals surface area contributed by atoms with Crippen molar-refractivity contribution in [2.45, 2.75) is 18.6 Å². The molecule has 174 valence electrons. The second kappa shape index (κ2) is 7.45. The van der Waals surface area contributed by atoms with Gasteiger partial charge in [0, 0.05) is 17.2 Å². The molecule has 1 aliphatic carbocycles. The van der Waals surface area contributed by atoms with E-state index in [4.69, 9.17) is 9.47 Å². The van der Waals surface area contributed by atoms with Gasteiger partial charge in [-0.3, -0.25) is 19.2 Å². The average molecular weight is 467 g/mol. The lowest BCUT2D eigenvalue weighted by Gasteiger charge is -2.27. The molecule has 7 nitrogen and oxygen atoms in total. The predicted octanol–water partition coefficient (Wildman–Crippen LogP) is 3.70. The van der Waals surface area contributed by atoms with Gasteiger partial charge in [-0.05, 0) is 24.6 Å². The number of ether oxygens (including phenoxy) is 2. The zero-order valence-electron chi connectivity index (χ0n) is 19.1. The molecule has 2 aliphatic heterocycles. The van der Waals surface area contributed by atoms with Crippen molar-refractivity contribution in [1.29, 1.82) is 0 Å². The lowest BCUT2D eigenvalue weighted by atomic mass is 9.77. The molecule has 0 radical (unpaired) electrons. The van der Waals surface area contributed by atoms with Gasteiger partial charge >= 0.3 is 0 Å². The molecular weight excluding hydrogens is 446 g/mol. The first kappa shape index (κ1) is 21.4. The molecule has 0 N–H and O–H groups in total. The van der Waals surface area contributed by atoms with Crippen molar-refractivity contribution in [3.63, 3.8) is 0 Å². The third kappa shape index (κ3) is 2.76. The van der Waals surface area contributed by atoms with Gasteiger partial charge in [-0.25, -0.2) is 4.90 Å². The van der Waals surface area contributed by atoms with Crippen LogP contribution in [-0.4, -0.2) is 36.1 Å². The Morgan fingerprint density at radius 3 is 2.11 bits per heavy atom. The molecule has 3 aromatic rings. The summed E-state index contributed by atoms with van der Waals surface area (Å²) in [6.45, 7) is 1.93. The Morgan fingerprint density at radius 1 is 0.829 bits per heavy atom. The van der Waals surface area contributed by atoms with E-state index in [-0.39, 0.29) is 11.1 Å². The Labute approximate surface area is 201 Å². The highest BCUT2D eigenvalue weighted by Gasteiger charge is 2.74. The second-order valence-electron chi connectivity index (χ2n) is 9.11. The lowest BCUT2D eigenvalue weighted by Crippen LogP contribution is -2.51. The van der Waals surface area contributed by atoms with Crippen LogP contribution in [0.2, 0.25) is 0 Å². The summed E-state index contributed by atoms with van der Waals surface area (Å²) in [5.41, 5.74) is 0.297. The Hall–Kier alpha value is -4.10. The van der Waals surface area contributed by atoms with Crippen LogP contribution in [0.3, 0.4) is 0 Å². The fourth-order valence-electron chi connectivity index (χ4n) is 5.58. The minimum atomic E-state index is -2.08. The maximum Gasteiger partial charge on any atom is 0.241 e. The number of imide groups is 1. The van der Waals surface area contributed by atoms with Crippen LogP contribution in [0.4, 0.5) is 5.69 Å². The van der Waals surface area contributed by atoms with E-state index in [1.54, 1.807) is 60.7 Å². The second-order valence-corrected chi connectivity index (χ2v) is 9.11. The van der Waals surface area contributed by atoms with Gasteiger partial charge in [-0.1, -0.05) is 60.2 Å². The standard InChI is InChI=1S/C28H21NO6/c1-15-10-12-16(13-11-15)23-21-22(27(33)29(26(21)32)17-6-5-7-18(14-17)34-2)28(35-23)24(30)19-8-3-4-9-20(19)25(28)31/h3-14,21-23H,1-2H3. The molecule has 0 aromatic heterocycles. The quantitative estimate of drug-likeness (QED) is 0.431. The molecule has 2 saturated heterocycles. The third-order valence-electron chi connectivity index (χ3n) is 7.24. The SMILES string of the molecule is COc1cccc(N2C(=O)C3C(c4ccc(C)cc4)OC4(C(=O)c5ccccc5C4=O)C3C2=O)c1. The zero-order chi connectivity index (χ0) is 24.5. The molecule has 2 amide bonds. The van der Waals surface area contributed by atoms with Crippen molar-refractivity contribution in [1.82, 2.24) is 0 Å². The number of hydrogen-bond acceptors (Lipinski definition) is 6. The number of amides is 2. The number of rotatable bonds is 3. The highest BCUT2D eigenvalue weighted by molar-refractivity contribution is 6.37. The van der Waals surface area contributed by atoms with E-state index < -0.39 is 46.9 Å². The number of fused-ring (bicyclic) bond motifs is 3. The molecule has 3 atom stereocenters. The first-order chi connectivity index (χ1) is 16.9. The number of anilines is 1. The maximum atomic E-state index is 13.9. The summed E-state index contributed by atoms with van der Waals surface area (Å²) in [6.07, 6.45) is -0.935. The molecule has 6 rings (SSSR count). The number of carbonyl (C=O) groups is 4. The normalized spacial score (nSPS) is 24.3. The van der Waals surface area contributed by atoms with Crippen LogP contribution in [0, 0.1) is 18.8 Å². The molecule has 0 saturated carbocycles. The highest BCUT2D eigenvalue weighted by atomic mass is 16.5. The van der Waals surface area contributed by atoms with Crippen LogP contribution in [-0.2, 0) is 14.3 Å². The Morgan fingerprint density at radius 2 is 1.49 bits per heavy atom. The van der Waals surface area contributed by atoms with Gasteiger partial charge in [0.15, 0.2) is 0 Å². The predicted molar refractivity (Wildman–Crippen MR) is 125 cm³/mol. The van der Waals surface area contributed by atoms with Crippen molar-refractivity contribution in [3.8, 4) is 5.75 Å². The van der Waals surface area contributed by atoms with Crippen LogP contribution in [0.5, 0.6) is 5.75 Å². The van der Waals surface area contributed by atoms with Gasteiger partial charge in [-0.2, -0.15) is 0 Å². The van der Waals surface area contributed by atoms with Crippen molar-refractivity contribution in [2.24, 2.45) is 11.8 Å². The summed E-state index contributed by atoms with van der Waals surface area (Å²) in [4.78, 5) is 56.3. The number of Topliss-reactive ketones (excluding diaryl/α,β-unsaturated/α-hetero) is 2. The third-order valence-corrected chi connectivity index (χ3v) is 7.24. The van der Waals surface area contributed by atoms with Gasteiger partial charge in [0.25, 0.3) is 0 Å². The van der Waals surface area contributed by atoms with E-state index in [1.165, 1.54) is 7.11 Å². The number of benzene rings is 3. The van der Waals surface area contributed by atoms with E-state index in [0.29, 0.717) is 17.0 Å². The Bertz CT molecular complexity index is 1390. The zero-order valence-corrected chi connectivity index (χ0v) is 19.1. The highest BCUT2D eigenvalue weighted by Crippen LogP contribution is 2.57. The fraction of sp³-hybridized carbons (Fsp3) is 0.214. The van der Waals surface area contributed by atoms with Crippen LogP contribution in [0.25, 0.3) is 0 Å². The molecule has 1 spiro atoms. The summed E-state index contributed by atoms with van der Waals surface area (Å²) in [5, 5.41) is 0. The van der Waals surface area contributed by atoms with Crippen molar-refractivity contribution in [3.05, 3.63) is 95.1 Å².